The van der Waals surface area contributed by atoms with Crippen molar-refractivity contribution in [2.24, 2.45) is 0 Å². The number of nitrogens with zero attached hydrogens (tertiary/aromatic N) is 2. The molecular weight excluding hydrogens is 283 g/mol. The Morgan fingerprint density at radius 3 is 3.00 bits per heavy atom. The monoisotopic (exact) mass is 294 g/mol. The highest BCUT2D eigenvalue weighted by Crippen LogP contribution is 2.16. The lowest BCUT2D eigenvalue weighted by Gasteiger charge is -2.14. The third kappa shape index (κ3) is 3.03. The Morgan fingerprint density at radius 2 is 2.40 bits per heavy atom. The summed E-state index contributed by atoms with van der Waals surface area (Å²) >= 11 is 8.81. The van der Waals surface area contributed by atoms with E-state index in [0.29, 0.717) is 11.1 Å². The summed E-state index contributed by atoms with van der Waals surface area (Å²) in [6.07, 6.45) is 2.21. The summed E-state index contributed by atoms with van der Waals surface area (Å²) in [5, 5.41) is 0.190. The van der Waals surface area contributed by atoms with Gasteiger partial charge >= 0.3 is 0 Å². The maximum atomic E-state index is 11.7. The van der Waals surface area contributed by atoms with Crippen molar-refractivity contribution in [1.29, 1.82) is 0 Å². The fraction of sp³-hybridized carbons (Fsp3) is 0.556. The first kappa shape index (κ1) is 12.7. The van der Waals surface area contributed by atoms with Gasteiger partial charge in [0.1, 0.15) is 4.47 Å². The molecule has 0 N–H and O–H groups in total. The summed E-state index contributed by atoms with van der Waals surface area (Å²) in [6.45, 7) is 2.54. The average Bonchev–Trinajstić information content (AvgIpc) is 2.23. The highest BCUT2D eigenvalue weighted by Gasteiger charge is 2.11. The molecular formula is C9H12BrClN2O2. The third-order valence-electron chi connectivity index (χ3n) is 2.11. The van der Waals surface area contributed by atoms with Gasteiger partial charge in [-0.1, -0.05) is 11.6 Å². The van der Waals surface area contributed by atoms with Crippen molar-refractivity contribution in [3.8, 4) is 0 Å². The van der Waals surface area contributed by atoms with E-state index in [2.05, 4.69) is 20.9 Å². The maximum Gasteiger partial charge on any atom is 0.269 e. The zero-order chi connectivity index (χ0) is 11.4. The molecule has 0 aromatic carbocycles. The van der Waals surface area contributed by atoms with E-state index in [1.54, 1.807) is 7.11 Å². The second-order valence-corrected chi connectivity index (χ2v) is 4.34. The van der Waals surface area contributed by atoms with Crippen LogP contribution in [0.1, 0.15) is 19.4 Å². The Balaban J connectivity index is 2.95. The van der Waals surface area contributed by atoms with E-state index in [-0.39, 0.29) is 16.8 Å². The molecule has 0 amide bonds. The molecule has 0 spiro atoms. The molecule has 0 aliphatic rings. The van der Waals surface area contributed by atoms with E-state index < -0.39 is 0 Å². The molecule has 1 aromatic heterocycles. The van der Waals surface area contributed by atoms with Crippen molar-refractivity contribution in [2.75, 3.05) is 13.7 Å². The number of rotatable bonds is 4. The minimum Gasteiger partial charge on any atom is -0.385 e. The minimum atomic E-state index is -0.168. The Morgan fingerprint density at radius 1 is 1.73 bits per heavy atom. The summed E-state index contributed by atoms with van der Waals surface area (Å²) in [7, 11) is 1.63. The fourth-order valence-corrected chi connectivity index (χ4v) is 1.60. The van der Waals surface area contributed by atoms with Gasteiger partial charge in [-0.2, -0.15) is 0 Å². The van der Waals surface area contributed by atoms with E-state index in [0.717, 1.165) is 6.42 Å². The third-order valence-corrected chi connectivity index (χ3v) is 3.34. The largest absolute Gasteiger partial charge is 0.385 e. The fourth-order valence-electron chi connectivity index (χ4n) is 1.17. The maximum absolute atomic E-state index is 11.7. The van der Waals surface area contributed by atoms with Gasteiger partial charge in [-0.15, -0.1) is 0 Å². The summed E-state index contributed by atoms with van der Waals surface area (Å²) in [6, 6.07) is 0.0403. The summed E-state index contributed by atoms with van der Waals surface area (Å²) in [5.74, 6) is 0. The van der Waals surface area contributed by atoms with Crippen molar-refractivity contribution in [3.05, 3.63) is 26.3 Å². The van der Waals surface area contributed by atoms with Crippen LogP contribution in [-0.2, 0) is 4.74 Å². The zero-order valence-corrected chi connectivity index (χ0v) is 10.9. The molecule has 1 aromatic rings. The van der Waals surface area contributed by atoms with E-state index in [1.807, 2.05) is 6.92 Å². The molecule has 84 valence electrons. The summed E-state index contributed by atoms with van der Waals surface area (Å²) < 4.78 is 6.79. The first-order valence-corrected chi connectivity index (χ1v) is 5.66. The normalized spacial score (nSPS) is 12.8. The Bertz CT molecular complexity index is 394. The van der Waals surface area contributed by atoms with Crippen molar-refractivity contribution >= 4 is 27.5 Å². The molecule has 1 atom stereocenters. The van der Waals surface area contributed by atoms with E-state index >= 15 is 0 Å². The highest BCUT2D eigenvalue weighted by atomic mass is 79.9. The number of aromatic nitrogens is 2. The Hall–Kier alpha value is -0.390. The Kier molecular flexibility index (Phi) is 4.76. The van der Waals surface area contributed by atoms with Crippen LogP contribution in [-0.4, -0.2) is 23.3 Å². The smallest absolute Gasteiger partial charge is 0.269 e. The first-order chi connectivity index (χ1) is 7.07. The number of hydrogen-bond acceptors (Lipinski definition) is 3. The van der Waals surface area contributed by atoms with Crippen molar-refractivity contribution in [3.63, 3.8) is 0 Å². The molecule has 0 aliphatic carbocycles. The lowest BCUT2D eigenvalue weighted by molar-refractivity contribution is 0.180. The second kappa shape index (κ2) is 5.63. The standard InChI is InChI=1S/C9H12BrClN2O2/c1-6(3-4-15-2)13-5-12-8(11)7(10)9(13)14/h5-6H,3-4H2,1-2H3. The van der Waals surface area contributed by atoms with Gasteiger partial charge in [-0.05, 0) is 29.3 Å². The molecule has 1 unspecified atom stereocenters. The lowest BCUT2D eigenvalue weighted by atomic mass is 10.2. The topological polar surface area (TPSA) is 44.1 Å². The molecule has 0 radical (unpaired) electrons. The lowest BCUT2D eigenvalue weighted by Crippen LogP contribution is -2.25. The number of ether oxygens (including phenoxy) is 1. The predicted octanol–water partition coefficient (Wildman–Crippen LogP) is 2.26. The van der Waals surface area contributed by atoms with Crippen LogP contribution in [0.4, 0.5) is 0 Å². The van der Waals surface area contributed by atoms with Crippen LogP contribution in [0.15, 0.2) is 15.6 Å². The molecule has 1 heterocycles. The van der Waals surface area contributed by atoms with Crippen LogP contribution >= 0.6 is 27.5 Å². The molecule has 1 rings (SSSR count). The van der Waals surface area contributed by atoms with Crippen LogP contribution in [0, 0.1) is 0 Å². The van der Waals surface area contributed by atoms with Crippen LogP contribution in [0.25, 0.3) is 0 Å². The Labute approximate surface area is 101 Å². The van der Waals surface area contributed by atoms with Crippen LogP contribution in [0.2, 0.25) is 5.15 Å². The van der Waals surface area contributed by atoms with Crippen LogP contribution < -0.4 is 5.56 Å². The van der Waals surface area contributed by atoms with Gasteiger partial charge in [0.05, 0.1) is 6.33 Å². The van der Waals surface area contributed by atoms with Gasteiger partial charge < -0.3 is 4.74 Å². The molecule has 0 fully saturated rings. The molecule has 0 saturated heterocycles. The zero-order valence-electron chi connectivity index (χ0n) is 8.54. The molecule has 15 heavy (non-hydrogen) atoms. The minimum absolute atomic E-state index is 0.0403. The molecule has 0 saturated carbocycles. The highest BCUT2D eigenvalue weighted by molar-refractivity contribution is 9.10. The van der Waals surface area contributed by atoms with Gasteiger partial charge in [0.2, 0.25) is 0 Å². The van der Waals surface area contributed by atoms with Gasteiger partial charge in [-0.3, -0.25) is 9.36 Å². The predicted molar refractivity (Wildman–Crippen MR) is 62.4 cm³/mol. The first-order valence-electron chi connectivity index (χ1n) is 4.49. The van der Waals surface area contributed by atoms with Crippen molar-refractivity contribution in [2.45, 2.75) is 19.4 Å². The van der Waals surface area contributed by atoms with Crippen LogP contribution in [0.5, 0.6) is 0 Å². The van der Waals surface area contributed by atoms with Crippen molar-refractivity contribution < 1.29 is 4.74 Å². The number of halogens is 2. The van der Waals surface area contributed by atoms with Crippen molar-refractivity contribution in [1.82, 2.24) is 9.55 Å². The molecule has 0 aliphatic heterocycles. The van der Waals surface area contributed by atoms with Gasteiger partial charge in [-0.25, -0.2) is 4.98 Å². The van der Waals surface area contributed by atoms with Gasteiger partial charge in [0, 0.05) is 19.8 Å². The van der Waals surface area contributed by atoms with E-state index in [1.165, 1.54) is 10.9 Å². The summed E-state index contributed by atoms with van der Waals surface area (Å²) in [5.41, 5.74) is -0.168. The van der Waals surface area contributed by atoms with Crippen LogP contribution in [0.3, 0.4) is 0 Å². The van der Waals surface area contributed by atoms with E-state index in [4.69, 9.17) is 16.3 Å². The number of methoxy groups -OCH3 is 1. The number of hydrogen-bond donors (Lipinski definition) is 0. The average molecular weight is 296 g/mol. The van der Waals surface area contributed by atoms with Gasteiger partial charge in [0.25, 0.3) is 5.56 Å². The second-order valence-electron chi connectivity index (χ2n) is 3.19. The molecule has 4 nitrogen and oxygen atoms in total. The van der Waals surface area contributed by atoms with E-state index in [9.17, 15) is 4.79 Å². The van der Waals surface area contributed by atoms with Gasteiger partial charge in [0.15, 0.2) is 5.15 Å². The summed E-state index contributed by atoms with van der Waals surface area (Å²) in [4.78, 5) is 15.7. The molecule has 0 bridgehead atoms. The molecule has 6 heteroatoms. The SMILES string of the molecule is COCCC(C)n1cnc(Cl)c(Br)c1=O. The quantitative estimate of drug-likeness (QED) is 0.800.